The normalized spacial score (nSPS) is 11.6. The van der Waals surface area contributed by atoms with Gasteiger partial charge in [-0.25, -0.2) is 4.79 Å². The van der Waals surface area contributed by atoms with Crippen molar-refractivity contribution in [2.45, 2.75) is 59.3 Å². The van der Waals surface area contributed by atoms with Crippen LogP contribution in [0, 0.1) is 0 Å². The highest BCUT2D eigenvalue weighted by Gasteiger charge is 2.24. The molecule has 6 nitrogen and oxygen atoms in total. The van der Waals surface area contributed by atoms with Gasteiger partial charge in [-0.3, -0.25) is 9.59 Å². The van der Waals surface area contributed by atoms with Crippen LogP contribution in [0.25, 0.3) is 0 Å². The van der Waals surface area contributed by atoms with Crippen LogP contribution in [0.1, 0.15) is 59.3 Å². The Labute approximate surface area is 131 Å². The first-order chi connectivity index (χ1) is 10.4. The van der Waals surface area contributed by atoms with Crippen LogP contribution in [0.4, 0.5) is 0 Å². The molecular formula is C16H27NO5. The first kappa shape index (κ1) is 20.1. The van der Waals surface area contributed by atoms with Crippen LogP contribution >= 0.6 is 0 Å². The molecular weight excluding hydrogens is 286 g/mol. The number of hydrogen-bond donors (Lipinski definition) is 2. The van der Waals surface area contributed by atoms with Crippen LogP contribution in [0.15, 0.2) is 11.3 Å². The van der Waals surface area contributed by atoms with Gasteiger partial charge in [0.25, 0.3) is 0 Å². The lowest BCUT2D eigenvalue weighted by atomic mass is 10.0. The van der Waals surface area contributed by atoms with Crippen molar-refractivity contribution in [1.29, 1.82) is 0 Å². The molecule has 0 saturated heterocycles. The topological polar surface area (TPSA) is 92.7 Å². The SMILES string of the molecule is CCCCCCC/C(O)=C(/C(=O)CNC(C)=O)C(=O)OCC. The quantitative estimate of drug-likeness (QED) is 0.153. The van der Waals surface area contributed by atoms with Crippen LogP contribution in [0.2, 0.25) is 0 Å². The summed E-state index contributed by atoms with van der Waals surface area (Å²) in [6.45, 7) is 4.78. The zero-order valence-electron chi connectivity index (χ0n) is 13.7. The second-order valence-electron chi connectivity index (χ2n) is 5.04. The summed E-state index contributed by atoms with van der Waals surface area (Å²) < 4.78 is 4.81. The number of rotatable bonds is 11. The summed E-state index contributed by atoms with van der Waals surface area (Å²) in [6, 6.07) is 0. The predicted molar refractivity (Wildman–Crippen MR) is 83.4 cm³/mol. The highest BCUT2D eigenvalue weighted by atomic mass is 16.5. The molecule has 0 spiro atoms. The van der Waals surface area contributed by atoms with Gasteiger partial charge in [0.1, 0.15) is 11.3 Å². The Bertz CT molecular complexity index is 415. The summed E-state index contributed by atoms with van der Waals surface area (Å²) in [5.74, 6) is -2.12. The van der Waals surface area contributed by atoms with Gasteiger partial charge < -0.3 is 15.2 Å². The molecule has 0 heterocycles. The Kier molecular flexibility index (Phi) is 10.8. The lowest BCUT2D eigenvalue weighted by Gasteiger charge is -2.10. The molecule has 0 unspecified atom stereocenters. The van der Waals surface area contributed by atoms with Gasteiger partial charge in [0.2, 0.25) is 5.91 Å². The summed E-state index contributed by atoms with van der Waals surface area (Å²) in [5.41, 5.74) is -0.355. The summed E-state index contributed by atoms with van der Waals surface area (Å²) >= 11 is 0. The molecule has 0 rings (SSSR count). The van der Waals surface area contributed by atoms with Crippen molar-refractivity contribution >= 4 is 17.7 Å². The minimum absolute atomic E-state index is 0.111. The van der Waals surface area contributed by atoms with Crippen molar-refractivity contribution in [3.05, 3.63) is 11.3 Å². The van der Waals surface area contributed by atoms with Gasteiger partial charge in [0, 0.05) is 13.3 Å². The van der Waals surface area contributed by atoms with Gasteiger partial charge in [-0.2, -0.15) is 0 Å². The summed E-state index contributed by atoms with van der Waals surface area (Å²) in [7, 11) is 0. The average molecular weight is 313 g/mol. The number of amides is 1. The second kappa shape index (κ2) is 11.8. The Morgan fingerprint density at radius 2 is 1.68 bits per heavy atom. The average Bonchev–Trinajstić information content (AvgIpc) is 2.45. The van der Waals surface area contributed by atoms with Crippen molar-refractivity contribution in [3.63, 3.8) is 0 Å². The Hall–Kier alpha value is -1.85. The standard InChI is InChI=1S/C16H27NO5/c1-4-6-7-8-9-10-13(19)15(16(21)22-5-2)14(20)11-17-12(3)18/h19H,4-11H2,1-3H3,(H,17,18)/b15-13+. The third-order valence-corrected chi connectivity index (χ3v) is 3.06. The molecule has 0 saturated carbocycles. The van der Waals surface area contributed by atoms with E-state index in [1.807, 2.05) is 0 Å². The number of carbonyl (C=O) groups excluding carboxylic acids is 3. The van der Waals surface area contributed by atoms with Crippen molar-refractivity contribution < 1.29 is 24.2 Å². The summed E-state index contributed by atoms with van der Waals surface area (Å²) in [6.07, 6.45) is 5.17. The monoisotopic (exact) mass is 313 g/mol. The largest absolute Gasteiger partial charge is 0.511 e. The van der Waals surface area contributed by atoms with Crippen LogP contribution in [-0.2, 0) is 19.1 Å². The van der Waals surface area contributed by atoms with Crippen LogP contribution in [-0.4, -0.2) is 35.9 Å². The fourth-order valence-corrected chi connectivity index (χ4v) is 1.91. The van der Waals surface area contributed by atoms with E-state index < -0.39 is 11.8 Å². The van der Waals surface area contributed by atoms with E-state index in [1.54, 1.807) is 6.92 Å². The van der Waals surface area contributed by atoms with Crippen molar-refractivity contribution in [3.8, 4) is 0 Å². The molecule has 2 N–H and O–H groups in total. The molecule has 0 aromatic carbocycles. The van der Waals surface area contributed by atoms with Crippen molar-refractivity contribution in [2.24, 2.45) is 0 Å². The van der Waals surface area contributed by atoms with Gasteiger partial charge >= 0.3 is 5.97 Å². The highest BCUT2D eigenvalue weighted by Crippen LogP contribution is 2.14. The van der Waals surface area contributed by atoms with E-state index in [4.69, 9.17) is 4.74 Å². The minimum atomic E-state index is -0.844. The number of carbonyl (C=O) groups is 3. The lowest BCUT2D eigenvalue weighted by Crippen LogP contribution is -2.31. The van der Waals surface area contributed by atoms with Crippen molar-refractivity contribution in [2.75, 3.05) is 13.2 Å². The van der Waals surface area contributed by atoms with E-state index in [-0.39, 0.29) is 36.8 Å². The third kappa shape index (κ3) is 8.44. The van der Waals surface area contributed by atoms with Gasteiger partial charge in [0.15, 0.2) is 5.78 Å². The molecule has 0 atom stereocenters. The number of allylic oxidation sites excluding steroid dienone is 1. The number of aliphatic hydroxyl groups excluding tert-OH is 1. The minimum Gasteiger partial charge on any atom is -0.511 e. The second-order valence-corrected chi connectivity index (χ2v) is 5.04. The maximum Gasteiger partial charge on any atom is 0.345 e. The molecule has 0 aliphatic carbocycles. The molecule has 0 aromatic rings. The van der Waals surface area contributed by atoms with Crippen LogP contribution < -0.4 is 5.32 Å². The Balaban J connectivity index is 4.79. The maximum atomic E-state index is 12.0. The van der Waals surface area contributed by atoms with Gasteiger partial charge in [0.05, 0.1) is 13.2 Å². The first-order valence-electron chi connectivity index (χ1n) is 7.80. The molecule has 0 aromatic heterocycles. The lowest BCUT2D eigenvalue weighted by molar-refractivity contribution is -0.140. The number of Topliss-reactive ketones (excluding diaryl/α,β-unsaturated/α-hetero) is 1. The van der Waals surface area contributed by atoms with Crippen LogP contribution in [0.5, 0.6) is 0 Å². The molecule has 0 aliphatic rings. The number of aliphatic hydroxyl groups is 1. The number of hydrogen-bond acceptors (Lipinski definition) is 5. The van der Waals surface area contributed by atoms with E-state index in [0.717, 1.165) is 25.7 Å². The summed E-state index contributed by atoms with van der Waals surface area (Å²) in [5, 5.41) is 12.4. The van der Waals surface area contributed by atoms with E-state index in [9.17, 15) is 19.5 Å². The molecule has 0 radical (unpaired) electrons. The Morgan fingerprint density at radius 1 is 1.05 bits per heavy atom. The Morgan fingerprint density at radius 3 is 2.23 bits per heavy atom. The number of ether oxygens (including phenoxy) is 1. The zero-order valence-corrected chi connectivity index (χ0v) is 13.7. The molecule has 0 bridgehead atoms. The molecule has 6 heteroatoms. The van der Waals surface area contributed by atoms with E-state index in [1.165, 1.54) is 6.92 Å². The molecule has 1 amide bonds. The van der Waals surface area contributed by atoms with Crippen LogP contribution in [0.3, 0.4) is 0 Å². The van der Waals surface area contributed by atoms with E-state index >= 15 is 0 Å². The van der Waals surface area contributed by atoms with Crippen molar-refractivity contribution in [1.82, 2.24) is 5.32 Å². The summed E-state index contributed by atoms with van der Waals surface area (Å²) in [4.78, 5) is 34.7. The zero-order chi connectivity index (χ0) is 17.0. The first-order valence-corrected chi connectivity index (χ1v) is 7.80. The number of esters is 1. The van der Waals surface area contributed by atoms with E-state index in [0.29, 0.717) is 6.42 Å². The van der Waals surface area contributed by atoms with Gasteiger partial charge in [-0.15, -0.1) is 0 Å². The molecule has 0 fully saturated rings. The fraction of sp³-hybridized carbons (Fsp3) is 0.688. The van der Waals surface area contributed by atoms with Gasteiger partial charge in [-0.1, -0.05) is 32.6 Å². The molecule has 22 heavy (non-hydrogen) atoms. The molecule has 0 aliphatic heterocycles. The van der Waals surface area contributed by atoms with Gasteiger partial charge in [-0.05, 0) is 13.3 Å². The third-order valence-electron chi connectivity index (χ3n) is 3.06. The highest BCUT2D eigenvalue weighted by molar-refractivity contribution is 6.18. The number of ketones is 1. The van der Waals surface area contributed by atoms with E-state index in [2.05, 4.69) is 12.2 Å². The smallest absolute Gasteiger partial charge is 0.345 e. The number of nitrogens with one attached hydrogen (secondary N) is 1. The number of unbranched alkanes of at least 4 members (excludes halogenated alkanes) is 4. The predicted octanol–water partition coefficient (Wildman–Crippen LogP) is 2.43. The fourth-order valence-electron chi connectivity index (χ4n) is 1.91. The molecule has 126 valence electrons. The maximum absolute atomic E-state index is 12.0.